The number of para-hydroxylation sites is 1. The Kier molecular flexibility index (Phi) is 8.32. The lowest BCUT2D eigenvalue weighted by Gasteiger charge is -2.27. The molecule has 2 atom stereocenters. The molecule has 5 rings (SSSR count). The predicted molar refractivity (Wildman–Crippen MR) is 163 cm³/mol. The van der Waals surface area contributed by atoms with Crippen LogP contribution in [0.2, 0.25) is 0 Å². The molecule has 0 saturated heterocycles. The van der Waals surface area contributed by atoms with Crippen LogP contribution in [0.3, 0.4) is 0 Å². The summed E-state index contributed by atoms with van der Waals surface area (Å²) in [4.78, 5) is 18.6. The summed E-state index contributed by atoms with van der Waals surface area (Å²) in [7, 11) is 0. The van der Waals surface area contributed by atoms with Crippen molar-refractivity contribution in [2.24, 2.45) is 5.92 Å². The van der Waals surface area contributed by atoms with Gasteiger partial charge in [0.2, 0.25) is 5.91 Å². The van der Waals surface area contributed by atoms with Crippen molar-refractivity contribution in [1.29, 1.82) is 0 Å². The molecule has 0 aliphatic carbocycles. The van der Waals surface area contributed by atoms with E-state index in [1.54, 1.807) is 0 Å². The maximum atomic E-state index is 13.7. The lowest BCUT2D eigenvalue weighted by molar-refractivity contribution is -0.125. The average Bonchev–Trinajstić information content (AvgIpc) is 3.28. The van der Waals surface area contributed by atoms with E-state index in [9.17, 15) is 9.90 Å². The number of rotatable bonds is 10. The number of aromatic nitrogens is 2. The number of benzene rings is 3. The Morgan fingerprint density at radius 1 is 0.900 bits per heavy atom. The van der Waals surface area contributed by atoms with Crippen LogP contribution in [0.1, 0.15) is 72.3 Å². The van der Waals surface area contributed by atoms with E-state index in [1.807, 2.05) is 37.3 Å². The van der Waals surface area contributed by atoms with Gasteiger partial charge in [0.05, 0.1) is 24.1 Å². The number of fused-ring (bicyclic) bond motifs is 3. The molecule has 2 aromatic heterocycles. The fourth-order valence-electron chi connectivity index (χ4n) is 6.13. The van der Waals surface area contributed by atoms with Crippen molar-refractivity contribution >= 4 is 22.5 Å². The Hall–Kier alpha value is -3.96. The van der Waals surface area contributed by atoms with Crippen molar-refractivity contribution in [2.75, 3.05) is 6.61 Å². The minimum absolute atomic E-state index is 0.0380. The second-order valence-corrected chi connectivity index (χ2v) is 10.8. The molecular weight excluding hydrogens is 494 g/mol. The molecule has 3 aromatic carbocycles. The van der Waals surface area contributed by atoms with Crippen LogP contribution in [-0.2, 0) is 11.2 Å². The minimum Gasteiger partial charge on any atom is -0.394 e. The number of hydrogen-bond acceptors (Lipinski definition) is 3. The van der Waals surface area contributed by atoms with Gasteiger partial charge in [0, 0.05) is 28.8 Å². The van der Waals surface area contributed by atoms with Gasteiger partial charge >= 0.3 is 0 Å². The van der Waals surface area contributed by atoms with Crippen molar-refractivity contribution in [3.05, 3.63) is 119 Å². The molecular formula is C35H39N3O2. The summed E-state index contributed by atoms with van der Waals surface area (Å²) in [5, 5.41) is 14.4. The van der Waals surface area contributed by atoms with E-state index in [0.717, 1.165) is 41.7 Å². The van der Waals surface area contributed by atoms with Crippen LogP contribution >= 0.6 is 0 Å². The van der Waals surface area contributed by atoms with Gasteiger partial charge in [0.25, 0.3) is 0 Å². The monoisotopic (exact) mass is 533 g/mol. The summed E-state index contributed by atoms with van der Waals surface area (Å²) < 4.78 is 2.25. The number of aliphatic hydroxyl groups excluding tert-OH is 1. The van der Waals surface area contributed by atoms with E-state index in [1.165, 1.54) is 27.7 Å². The highest BCUT2D eigenvalue weighted by molar-refractivity contribution is 5.91. The molecule has 0 saturated carbocycles. The standard InChI is InChI=1S/C35H39N3O2/c1-5-26(6-2)33(35(40)37-31(22-39)27-12-8-7-9-13-27)28-18-16-25(17-19-28)21-30-29-14-10-11-15-32(29)38-24(4)20-23(3)36-34(30)38/h7-20,26,31,33,39H,5-6,21-22H2,1-4H3,(H,37,40)/t31-,33-/m0/s1. The van der Waals surface area contributed by atoms with Crippen LogP contribution in [0.25, 0.3) is 16.6 Å². The van der Waals surface area contributed by atoms with Gasteiger partial charge < -0.3 is 10.4 Å². The number of hydrogen-bond donors (Lipinski definition) is 2. The van der Waals surface area contributed by atoms with Gasteiger partial charge in [-0.05, 0) is 48.6 Å². The molecule has 2 N–H and O–H groups in total. The molecule has 206 valence electrons. The van der Waals surface area contributed by atoms with Crippen LogP contribution in [0.15, 0.2) is 84.9 Å². The normalized spacial score (nSPS) is 13.2. The first kappa shape index (κ1) is 27.6. The molecule has 0 bridgehead atoms. The SMILES string of the molecule is CCC(CC)[C@H](C(=O)N[C@@H](CO)c1ccccc1)c1ccc(Cc2c3ccccc3n3c(C)cc(C)nc23)cc1. The Morgan fingerprint density at radius 2 is 1.57 bits per heavy atom. The lowest BCUT2D eigenvalue weighted by Crippen LogP contribution is -2.37. The minimum atomic E-state index is -0.430. The second-order valence-electron chi connectivity index (χ2n) is 10.8. The number of aryl methyl sites for hydroxylation is 2. The fourth-order valence-corrected chi connectivity index (χ4v) is 6.13. The number of carbonyl (C=O) groups is 1. The Labute approximate surface area is 236 Å². The molecule has 0 aliphatic rings. The van der Waals surface area contributed by atoms with Crippen molar-refractivity contribution in [3.63, 3.8) is 0 Å². The zero-order chi connectivity index (χ0) is 28.2. The second kappa shape index (κ2) is 12.1. The zero-order valence-electron chi connectivity index (χ0n) is 23.9. The fraction of sp³-hybridized carbons (Fsp3) is 0.314. The highest BCUT2D eigenvalue weighted by Crippen LogP contribution is 2.33. The van der Waals surface area contributed by atoms with Crippen LogP contribution in [0.5, 0.6) is 0 Å². The van der Waals surface area contributed by atoms with E-state index in [-0.39, 0.29) is 24.3 Å². The van der Waals surface area contributed by atoms with Gasteiger partial charge in [-0.2, -0.15) is 0 Å². The third kappa shape index (κ3) is 5.39. The van der Waals surface area contributed by atoms with Crippen LogP contribution in [-0.4, -0.2) is 27.0 Å². The quantitative estimate of drug-likeness (QED) is 0.202. The van der Waals surface area contributed by atoms with Gasteiger partial charge in [0.15, 0.2) is 0 Å². The van der Waals surface area contributed by atoms with E-state index in [4.69, 9.17) is 4.98 Å². The van der Waals surface area contributed by atoms with Gasteiger partial charge in [0.1, 0.15) is 5.65 Å². The Morgan fingerprint density at radius 3 is 2.25 bits per heavy atom. The highest BCUT2D eigenvalue weighted by Gasteiger charge is 2.29. The zero-order valence-corrected chi connectivity index (χ0v) is 23.9. The maximum Gasteiger partial charge on any atom is 0.228 e. The van der Waals surface area contributed by atoms with E-state index in [2.05, 4.69) is 85.1 Å². The van der Waals surface area contributed by atoms with Crippen molar-refractivity contribution in [3.8, 4) is 0 Å². The van der Waals surface area contributed by atoms with Crippen molar-refractivity contribution in [1.82, 2.24) is 14.7 Å². The summed E-state index contributed by atoms with van der Waals surface area (Å²) in [6.45, 7) is 8.32. The summed E-state index contributed by atoms with van der Waals surface area (Å²) in [5.74, 6) is -0.121. The van der Waals surface area contributed by atoms with E-state index >= 15 is 0 Å². The van der Waals surface area contributed by atoms with Crippen LogP contribution in [0.4, 0.5) is 0 Å². The highest BCUT2D eigenvalue weighted by atomic mass is 16.3. The molecule has 2 heterocycles. The summed E-state index contributed by atoms with van der Waals surface area (Å²) >= 11 is 0. The lowest BCUT2D eigenvalue weighted by atomic mass is 9.81. The molecule has 0 spiro atoms. The number of nitrogens with zero attached hydrogens (tertiary/aromatic N) is 2. The number of amides is 1. The van der Waals surface area contributed by atoms with Gasteiger partial charge in [-0.25, -0.2) is 4.98 Å². The third-order valence-electron chi connectivity index (χ3n) is 8.23. The Bertz CT molecular complexity index is 1600. The molecule has 5 aromatic rings. The Balaban J connectivity index is 1.46. The first-order valence-electron chi connectivity index (χ1n) is 14.4. The topological polar surface area (TPSA) is 66.6 Å². The summed E-state index contributed by atoms with van der Waals surface area (Å²) in [6, 6.07) is 28.4. The predicted octanol–water partition coefficient (Wildman–Crippen LogP) is 7.06. The molecule has 0 unspecified atom stereocenters. The molecule has 5 heteroatoms. The first-order chi connectivity index (χ1) is 19.4. The first-order valence-corrected chi connectivity index (χ1v) is 14.4. The van der Waals surface area contributed by atoms with E-state index in [0.29, 0.717) is 0 Å². The number of nitrogens with one attached hydrogen (secondary N) is 1. The summed E-state index contributed by atoms with van der Waals surface area (Å²) in [6.07, 6.45) is 2.56. The van der Waals surface area contributed by atoms with Gasteiger partial charge in [-0.15, -0.1) is 0 Å². The van der Waals surface area contributed by atoms with E-state index < -0.39 is 6.04 Å². The van der Waals surface area contributed by atoms with Crippen molar-refractivity contribution in [2.45, 2.75) is 58.9 Å². The maximum absolute atomic E-state index is 13.7. The van der Waals surface area contributed by atoms with Gasteiger partial charge in [-0.1, -0.05) is 99.5 Å². The number of carbonyl (C=O) groups excluding carboxylic acids is 1. The molecule has 40 heavy (non-hydrogen) atoms. The summed E-state index contributed by atoms with van der Waals surface area (Å²) in [5.41, 5.74) is 8.70. The largest absolute Gasteiger partial charge is 0.394 e. The van der Waals surface area contributed by atoms with Crippen molar-refractivity contribution < 1.29 is 9.90 Å². The smallest absolute Gasteiger partial charge is 0.228 e. The molecule has 0 fully saturated rings. The molecule has 0 radical (unpaired) electrons. The van der Waals surface area contributed by atoms with Crippen LogP contribution in [0, 0.1) is 19.8 Å². The third-order valence-corrected chi connectivity index (χ3v) is 8.23. The molecule has 1 amide bonds. The molecule has 0 aliphatic heterocycles. The number of aliphatic hydroxyl groups is 1. The van der Waals surface area contributed by atoms with Gasteiger partial charge in [-0.3, -0.25) is 9.20 Å². The molecule has 5 nitrogen and oxygen atoms in total. The average molecular weight is 534 g/mol. The van der Waals surface area contributed by atoms with Crippen LogP contribution < -0.4 is 5.32 Å².